The van der Waals surface area contributed by atoms with Gasteiger partial charge >= 0.3 is 5.97 Å². The number of nitrogens with one attached hydrogen (secondary N) is 1. The third-order valence-corrected chi connectivity index (χ3v) is 6.39. The van der Waals surface area contributed by atoms with E-state index in [1.165, 1.54) is 6.20 Å². The Kier molecular flexibility index (Phi) is 13.6. The van der Waals surface area contributed by atoms with E-state index in [1.54, 1.807) is 34.8 Å². The van der Waals surface area contributed by atoms with Gasteiger partial charge in [0.25, 0.3) is 0 Å². The molecule has 0 amide bonds. The zero-order valence-corrected chi connectivity index (χ0v) is 21.8. The van der Waals surface area contributed by atoms with Crippen LogP contribution in [0, 0.1) is 0 Å². The van der Waals surface area contributed by atoms with Gasteiger partial charge in [-0.2, -0.15) is 4.98 Å². The zero-order chi connectivity index (χ0) is 24.0. The highest BCUT2D eigenvalue weighted by Crippen LogP contribution is 2.24. The number of anilines is 2. The first-order valence-corrected chi connectivity index (χ1v) is 13.1. The van der Waals surface area contributed by atoms with Gasteiger partial charge < -0.3 is 20.5 Å². The van der Waals surface area contributed by atoms with Crippen LogP contribution < -0.4 is 15.8 Å². The normalized spacial score (nSPS) is 10.7. The summed E-state index contributed by atoms with van der Waals surface area (Å²) in [5.74, 6) is 2.93. The second-order valence-electron chi connectivity index (χ2n) is 7.34. The van der Waals surface area contributed by atoms with Gasteiger partial charge in [-0.15, -0.1) is 0 Å². The van der Waals surface area contributed by atoms with Crippen molar-refractivity contribution in [1.29, 1.82) is 0 Å². The van der Waals surface area contributed by atoms with Crippen molar-refractivity contribution < 1.29 is 14.3 Å². The van der Waals surface area contributed by atoms with Crippen molar-refractivity contribution in [2.45, 2.75) is 39.2 Å². The van der Waals surface area contributed by atoms with E-state index in [0.717, 1.165) is 30.2 Å². The molecular weight excluding hydrogens is 491 g/mol. The number of methoxy groups -OCH3 is 1. The molecule has 0 radical (unpaired) electrons. The Hall–Kier alpha value is -1.55. The van der Waals surface area contributed by atoms with E-state index in [1.807, 2.05) is 39.0 Å². The van der Waals surface area contributed by atoms with Gasteiger partial charge in [0, 0.05) is 24.5 Å². The predicted molar refractivity (Wildman–Crippen MR) is 138 cm³/mol. The highest BCUT2D eigenvalue weighted by Gasteiger charge is 2.15. The number of nitrogens with zero attached hydrogens (tertiary/aromatic N) is 2. The summed E-state index contributed by atoms with van der Waals surface area (Å²) >= 11 is 11.7. The number of para-hydroxylation sites is 2. The molecule has 3 N–H and O–H groups in total. The van der Waals surface area contributed by atoms with Crippen molar-refractivity contribution in [2.24, 2.45) is 0 Å². The minimum Gasteiger partial charge on any atom is -0.495 e. The first-order chi connectivity index (χ1) is 15.1. The first-order valence-electron chi connectivity index (χ1n) is 9.89. The average Bonchev–Trinajstić information content (AvgIpc) is 2.72. The minimum atomic E-state index is -0.407. The van der Waals surface area contributed by atoms with Crippen LogP contribution >= 0.6 is 44.8 Å². The van der Waals surface area contributed by atoms with Crippen LogP contribution in [0.5, 0.6) is 5.75 Å². The van der Waals surface area contributed by atoms with Gasteiger partial charge in [0.05, 0.1) is 19.0 Å². The molecule has 2 aromatic rings. The summed E-state index contributed by atoms with van der Waals surface area (Å²) in [6, 6.07) is 7.39. The van der Waals surface area contributed by atoms with Crippen molar-refractivity contribution in [3.8, 4) is 5.75 Å². The van der Waals surface area contributed by atoms with Crippen molar-refractivity contribution >= 4 is 62.3 Å². The molecule has 11 heteroatoms. The molecule has 0 unspecified atom stereocenters. The largest absolute Gasteiger partial charge is 0.495 e. The van der Waals surface area contributed by atoms with E-state index in [2.05, 4.69) is 15.3 Å². The number of carbonyl (C=O) groups excluding carboxylic acids is 1. The summed E-state index contributed by atoms with van der Waals surface area (Å²) < 4.78 is 10.2. The van der Waals surface area contributed by atoms with Gasteiger partial charge in [-0.05, 0) is 50.9 Å². The number of hydrogen-bond acceptors (Lipinski definition) is 9. The second kappa shape index (κ2) is 15.3. The fraction of sp³-hybridized carbons (Fsp3) is 0.476. The summed E-state index contributed by atoms with van der Waals surface area (Å²) in [6.45, 7) is 6.34. The van der Waals surface area contributed by atoms with E-state index in [0.29, 0.717) is 22.9 Å². The number of ether oxygens (including phenoxy) is 2. The highest BCUT2D eigenvalue weighted by molar-refractivity contribution is 8.76. The molecule has 0 saturated heterocycles. The molecule has 0 saturated carbocycles. The molecule has 2 rings (SSSR count). The van der Waals surface area contributed by atoms with Gasteiger partial charge in [0.2, 0.25) is 5.28 Å². The van der Waals surface area contributed by atoms with Gasteiger partial charge in [0.15, 0.2) is 0 Å². The molecule has 1 heterocycles. The number of benzene rings is 1. The fourth-order valence-corrected chi connectivity index (χ4v) is 4.42. The molecule has 7 nitrogen and oxygen atoms in total. The third-order valence-electron chi connectivity index (χ3n) is 3.44. The Morgan fingerprint density at radius 1 is 1.19 bits per heavy atom. The topological polar surface area (TPSA) is 99.4 Å². The number of hydrogen-bond donors (Lipinski definition) is 2. The summed E-state index contributed by atoms with van der Waals surface area (Å²) in [7, 11) is 5.07. The smallest absolute Gasteiger partial charge is 0.306 e. The van der Waals surface area contributed by atoms with Gasteiger partial charge in [-0.3, -0.25) is 4.79 Å². The van der Waals surface area contributed by atoms with Crippen molar-refractivity contribution in [3.05, 3.63) is 40.8 Å². The Bertz CT molecular complexity index is 839. The van der Waals surface area contributed by atoms with Crippen molar-refractivity contribution in [1.82, 2.24) is 9.97 Å². The lowest BCUT2D eigenvalue weighted by molar-refractivity contribution is -0.154. The lowest BCUT2D eigenvalue weighted by atomic mass is 10.2. The van der Waals surface area contributed by atoms with Crippen LogP contribution in [-0.2, 0) is 9.53 Å². The minimum absolute atomic E-state index is 0.139. The van der Waals surface area contributed by atoms with Crippen LogP contribution in [0.15, 0.2) is 30.5 Å². The van der Waals surface area contributed by atoms with Crippen molar-refractivity contribution in [3.63, 3.8) is 0 Å². The van der Waals surface area contributed by atoms with Crippen LogP contribution in [0.4, 0.5) is 11.5 Å². The number of carbonyl (C=O) groups is 1. The molecule has 1 aromatic heterocycles. The fourth-order valence-electron chi connectivity index (χ4n) is 2.13. The van der Waals surface area contributed by atoms with Gasteiger partial charge in [0.1, 0.15) is 22.2 Å². The Morgan fingerprint density at radius 2 is 1.88 bits per heavy atom. The molecule has 0 aliphatic carbocycles. The molecule has 32 heavy (non-hydrogen) atoms. The zero-order valence-electron chi connectivity index (χ0n) is 18.7. The number of nitrogens with two attached hydrogens (primary N) is 1. The molecule has 1 aromatic carbocycles. The summed E-state index contributed by atoms with van der Waals surface area (Å²) in [6.07, 6.45) is 2.74. The number of halogens is 2. The summed E-state index contributed by atoms with van der Waals surface area (Å²) in [4.78, 5) is 19.3. The molecule has 0 bridgehead atoms. The second-order valence-corrected chi connectivity index (χ2v) is 10.8. The monoisotopic (exact) mass is 520 g/mol. The third kappa shape index (κ3) is 13.1. The lowest BCUT2D eigenvalue weighted by Gasteiger charge is -2.19. The number of nitrogen functional groups attached to an aromatic ring is 1. The molecule has 0 spiro atoms. The predicted octanol–water partition coefficient (Wildman–Crippen LogP) is 5.98. The maximum absolute atomic E-state index is 11.5. The molecule has 178 valence electrons. The maximum atomic E-state index is 11.5. The Morgan fingerprint density at radius 3 is 2.50 bits per heavy atom. The first kappa shape index (κ1) is 28.5. The Balaban J connectivity index is 0.000000471. The maximum Gasteiger partial charge on any atom is 0.306 e. The van der Waals surface area contributed by atoms with Crippen LogP contribution in [0.1, 0.15) is 33.6 Å². The van der Waals surface area contributed by atoms with E-state index in [4.69, 9.17) is 38.4 Å². The van der Waals surface area contributed by atoms with E-state index >= 15 is 0 Å². The van der Waals surface area contributed by atoms with Gasteiger partial charge in [-0.25, -0.2) is 4.98 Å². The molecular formula is C21H30Cl2N4O3S2. The number of rotatable bonds is 10. The van der Waals surface area contributed by atoms with E-state index in [9.17, 15) is 4.79 Å². The van der Waals surface area contributed by atoms with Crippen LogP contribution in [0.2, 0.25) is 10.3 Å². The quantitative estimate of drug-likeness (QED) is 0.129. The average molecular weight is 522 g/mol. The van der Waals surface area contributed by atoms with Crippen molar-refractivity contribution in [2.75, 3.05) is 36.2 Å². The standard InChI is InChI=1S/C14H21Cl2N3O2S2.C7H9NO/c1-14(2,3)21-11(20)5-4-7-22-23-8-6-17-12-10(15)9-18-13(16)19-12;1-9-7-5-3-2-4-6(7)8/h9H,4-8H2,1-3H3,(H,17,18,19);2-5H,8H2,1H3. The van der Waals surface area contributed by atoms with E-state index < -0.39 is 5.60 Å². The van der Waals surface area contributed by atoms with Crippen LogP contribution in [-0.4, -0.2) is 46.7 Å². The lowest BCUT2D eigenvalue weighted by Crippen LogP contribution is -2.23. The molecule has 0 aliphatic rings. The molecule has 0 atom stereocenters. The SMILES string of the molecule is CC(C)(C)OC(=O)CCCSSCCNc1nc(Cl)ncc1Cl.COc1ccccc1N. The Labute approximate surface area is 207 Å². The summed E-state index contributed by atoms with van der Waals surface area (Å²) in [5, 5.41) is 3.73. The number of esters is 1. The number of aromatic nitrogens is 2. The molecule has 0 aliphatic heterocycles. The van der Waals surface area contributed by atoms with E-state index in [-0.39, 0.29) is 11.3 Å². The molecule has 0 fully saturated rings. The highest BCUT2D eigenvalue weighted by atomic mass is 35.5. The summed E-state index contributed by atoms with van der Waals surface area (Å²) in [5.41, 5.74) is 5.78. The van der Waals surface area contributed by atoms with Crippen LogP contribution in [0.25, 0.3) is 0 Å². The van der Waals surface area contributed by atoms with Crippen LogP contribution in [0.3, 0.4) is 0 Å². The van der Waals surface area contributed by atoms with Gasteiger partial charge in [-0.1, -0.05) is 45.3 Å².